The van der Waals surface area contributed by atoms with E-state index in [4.69, 9.17) is 0 Å². The van der Waals surface area contributed by atoms with E-state index in [2.05, 4.69) is 27.5 Å². The van der Waals surface area contributed by atoms with Crippen LogP contribution in [0.1, 0.15) is 31.5 Å². The lowest BCUT2D eigenvalue weighted by molar-refractivity contribution is 0.172. The third-order valence-corrected chi connectivity index (χ3v) is 3.66. The van der Waals surface area contributed by atoms with Gasteiger partial charge in [0.2, 0.25) is 0 Å². The molecule has 0 radical (unpaired) electrons. The minimum Gasteiger partial charge on any atom is -0.394 e. The molecule has 0 unspecified atom stereocenters. The number of nitrogens with one attached hydrogen (secondary N) is 2. The second-order valence-corrected chi connectivity index (χ2v) is 5.70. The molecule has 0 saturated heterocycles. The first-order valence-electron chi connectivity index (χ1n) is 7.78. The molecule has 124 valence electrons. The molecule has 0 saturated carbocycles. The van der Waals surface area contributed by atoms with Gasteiger partial charge in [-0.15, -0.1) is 0 Å². The number of rotatable bonds is 4. The highest BCUT2D eigenvalue weighted by Gasteiger charge is 2.23. The van der Waals surface area contributed by atoms with E-state index < -0.39 is 5.54 Å². The SMILES string of the molecule is CC[C@](C)(CO)NC(=O)Nc1cccc(C#Cc2ccccn2)c1. The van der Waals surface area contributed by atoms with Crippen LogP contribution in [0.25, 0.3) is 0 Å². The average molecular weight is 323 g/mol. The zero-order valence-corrected chi connectivity index (χ0v) is 13.8. The Kier molecular flexibility index (Phi) is 5.94. The maximum atomic E-state index is 12.1. The molecule has 5 nitrogen and oxygen atoms in total. The lowest BCUT2D eigenvalue weighted by Gasteiger charge is -2.27. The summed E-state index contributed by atoms with van der Waals surface area (Å²) < 4.78 is 0. The molecule has 3 N–H and O–H groups in total. The molecule has 0 aliphatic heterocycles. The molecule has 0 aliphatic carbocycles. The minimum absolute atomic E-state index is 0.119. The summed E-state index contributed by atoms with van der Waals surface area (Å²) in [6, 6.07) is 12.5. The van der Waals surface area contributed by atoms with E-state index in [0.29, 0.717) is 17.8 Å². The van der Waals surface area contributed by atoms with Crippen LogP contribution < -0.4 is 10.6 Å². The third-order valence-electron chi connectivity index (χ3n) is 3.66. The fourth-order valence-corrected chi connectivity index (χ4v) is 1.92. The molecule has 2 amide bonds. The number of aliphatic hydroxyl groups excluding tert-OH is 1. The summed E-state index contributed by atoms with van der Waals surface area (Å²) in [6.45, 7) is 3.58. The van der Waals surface area contributed by atoms with Gasteiger partial charge in [0.25, 0.3) is 0 Å². The number of hydrogen-bond donors (Lipinski definition) is 3. The number of urea groups is 1. The number of amides is 2. The van der Waals surface area contributed by atoms with Crippen molar-refractivity contribution in [1.29, 1.82) is 0 Å². The van der Waals surface area contributed by atoms with Crippen LogP contribution >= 0.6 is 0 Å². The lowest BCUT2D eigenvalue weighted by atomic mass is 10.0. The first kappa shape index (κ1) is 17.5. The molecule has 0 bridgehead atoms. The van der Waals surface area contributed by atoms with Gasteiger partial charge in [0.1, 0.15) is 5.69 Å². The Labute approximate surface area is 142 Å². The lowest BCUT2D eigenvalue weighted by Crippen LogP contribution is -2.50. The fourth-order valence-electron chi connectivity index (χ4n) is 1.92. The molecule has 5 heteroatoms. The van der Waals surface area contributed by atoms with Crippen molar-refractivity contribution in [2.45, 2.75) is 25.8 Å². The van der Waals surface area contributed by atoms with Crippen LogP contribution in [-0.4, -0.2) is 28.3 Å². The summed E-state index contributed by atoms with van der Waals surface area (Å²) in [6.07, 6.45) is 2.32. The zero-order valence-electron chi connectivity index (χ0n) is 13.8. The molecule has 0 spiro atoms. The molecule has 2 rings (SSSR count). The van der Waals surface area contributed by atoms with Gasteiger partial charge in [-0.25, -0.2) is 9.78 Å². The van der Waals surface area contributed by atoms with E-state index in [-0.39, 0.29) is 12.6 Å². The first-order valence-corrected chi connectivity index (χ1v) is 7.78. The standard InChI is InChI=1S/C19H21N3O2/c1-3-19(2,14-23)22-18(24)21-17-9-6-7-15(13-17)10-11-16-8-4-5-12-20-16/h4-9,12-13,23H,3,14H2,1-2H3,(H2,21,22,24)/t19-/m1/s1. The van der Waals surface area contributed by atoms with Crippen molar-refractivity contribution in [3.63, 3.8) is 0 Å². The van der Waals surface area contributed by atoms with Gasteiger partial charge >= 0.3 is 6.03 Å². The summed E-state index contributed by atoms with van der Waals surface area (Å²) in [7, 11) is 0. The number of hydrogen-bond acceptors (Lipinski definition) is 3. The topological polar surface area (TPSA) is 74.2 Å². The highest BCUT2D eigenvalue weighted by atomic mass is 16.3. The van der Waals surface area contributed by atoms with Crippen LogP contribution in [0.4, 0.5) is 10.5 Å². The van der Waals surface area contributed by atoms with E-state index in [0.717, 1.165) is 5.56 Å². The molecule has 2 aromatic rings. The van der Waals surface area contributed by atoms with E-state index in [1.54, 1.807) is 25.3 Å². The highest BCUT2D eigenvalue weighted by Crippen LogP contribution is 2.12. The Hall–Kier alpha value is -2.84. The van der Waals surface area contributed by atoms with Crippen LogP contribution in [0.15, 0.2) is 48.7 Å². The Morgan fingerprint density at radius 1 is 1.25 bits per heavy atom. The summed E-state index contributed by atoms with van der Waals surface area (Å²) in [5.41, 5.74) is 1.46. The second-order valence-electron chi connectivity index (χ2n) is 5.70. The summed E-state index contributed by atoms with van der Waals surface area (Å²) in [5, 5.41) is 14.9. The van der Waals surface area contributed by atoms with Crippen molar-refractivity contribution in [3.05, 3.63) is 59.9 Å². The van der Waals surface area contributed by atoms with Gasteiger partial charge in [-0.3, -0.25) is 0 Å². The van der Waals surface area contributed by atoms with Crippen molar-refractivity contribution < 1.29 is 9.90 Å². The van der Waals surface area contributed by atoms with Crippen LogP contribution in [-0.2, 0) is 0 Å². The van der Waals surface area contributed by atoms with E-state index in [1.165, 1.54) is 0 Å². The van der Waals surface area contributed by atoms with Crippen molar-refractivity contribution in [1.82, 2.24) is 10.3 Å². The monoisotopic (exact) mass is 323 g/mol. The number of pyridine rings is 1. The molecule has 1 heterocycles. The van der Waals surface area contributed by atoms with Crippen molar-refractivity contribution in [3.8, 4) is 11.8 Å². The minimum atomic E-state index is -0.638. The fraction of sp³-hybridized carbons (Fsp3) is 0.263. The number of aromatic nitrogens is 1. The Balaban J connectivity index is 2.06. The molecule has 0 fully saturated rings. The predicted molar refractivity (Wildman–Crippen MR) is 94.6 cm³/mol. The van der Waals surface area contributed by atoms with Gasteiger partial charge < -0.3 is 15.7 Å². The molecule has 1 aromatic carbocycles. The van der Waals surface area contributed by atoms with Crippen LogP contribution in [0.2, 0.25) is 0 Å². The first-order chi connectivity index (χ1) is 11.5. The maximum absolute atomic E-state index is 12.1. The molecule has 1 aromatic heterocycles. The zero-order chi connectivity index (χ0) is 17.4. The number of benzene rings is 1. The normalized spacial score (nSPS) is 12.5. The Morgan fingerprint density at radius 2 is 2.08 bits per heavy atom. The van der Waals surface area contributed by atoms with E-state index in [9.17, 15) is 9.90 Å². The van der Waals surface area contributed by atoms with Gasteiger partial charge in [-0.2, -0.15) is 0 Å². The summed E-state index contributed by atoms with van der Waals surface area (Å²) in [5.74, 6) is 6.00. The van der Waals surface area contributed by atoms with Gasteiger partial charge in [-0.1, -0.05) is 25.0 Å². The maximum Gasteiger partial charge on any atom is 0.319 e. The number of carbonyl (C=O) groups excluding carboxylic acids is 1. The molecule has 1 atom stereocenters. The average Bonchev–Trinajstić information content (AvgIpc) is 2.61. The van der Waals surface area contributed by atoms with E-state index in [1.807, 2.05) is 37.3 Å². The van der Waals surface area contributed by atoms with Crippen molar-refractivity contribution >= 4 is 11.7 Å². The smallest absolute Gasteiger partial charge is 0.319 e. The predicted octanol–water partition coefficient (Wildman–Crippen LogP) is 2.76. The van der Waals surface area contributed by atoms with Gasteiger partial charge in [0, 0.05) is 17.4 Å². The number of anilines is 1. The number of carbonyl (C=O) groups is 1. The molecular weight excluding hydrogens is 302 g/mol. The Morgan fingerprint density at radius 3 is 2.75 bits per heavy atom. The van der Waals surface area contributed by atoms with Crippen LogP contribution in [0.5, 0.6) is 0 Å². The summed E-state index contributed by atoms with van der Waals surface area (Å²) in [4.78, 5) is 16.2. The quantitative estimate of drug-likeness (QED) is 0.758. The largest absolute Gasteiger partial charge is 0.394 e. The Bertz CT molecular complexity index is 744. The van der Waals surface area contributed by atoms with E-state index >= 15 is 0 Å². The van der Waals surface area contributed by atoms with Gasteiger partial charge in [0.05, 0.1) is 12.1 Å². The molecule has 0 aliphatic rings. The molecular formula is C19H21N3O2. The van der Waals surface area contributed by atoms with Gasteiger partial charge in [0.15, 0.2) is 0 Å². The summed E-state index contributed by atoms with van der Waals surface area (Å²) >= 11 is 0. The van der Waals surface area contributed by atoms with Gasteiger partial charge in [-0.05, 0) is 49.6 Å². The number of nitrogens with zero attached hydrogens (tertiary/aromatic N) is 1. The highest BCUT2D eigenvalue weighted by molar-refractivity contribution is 5.90. The number of aliphatic hydroxyl groups is 1. The van der Waals surface area contributed by atoms with Crippen LogP contribution in [0.3, 0.4) is 0 Å². The second kappa shape index (κ2) is 8.14. The molecule has 24 heavy (non-hydrogen) atoms. The van der Waals surface area contributed by atoms with Crippen molar-refractivity contribution in [2.75, 3.05) is 11.9 Å². The van der Waals surface area contributed by atoms with Crippen molar-refractivity contribution in [2.24, 2.45) is 0 Å². The third kappa shape index (κ3) is 5.11. The van der Waals surface area contributed by atoms with Crippen LogP contribution in [0, 0.1) is 11.8 Å².